The largest absolute Gasteiger partial charge is 0.490 e. The third-order valence-electron chi connectivity index (χ3n) is 4.62. The van der Waals surface area contributed by atoms with Crippen LogP contribution in [0.3, 0.4) is 0 Å². The Hall–Kier alpha value is -2.89. The zero-order valence-electron chi connectivity index (χ0n) is 14.3. The van der Waals surface area contributed by atoms with E-state index in [1.165, 1.54) is 6.07 Å². The van der Waals surface area contributed by atoms with Gasteiger partial charge in [-0.05, 0) is 31.0 Å². The quantitative estimate of drug-likeness (QED) is 0.752. The van der Waals surface area contributed by atoms with Gasteiger partial charge in [0.2, 0.25) is 5.91 Å². The number of halogens is 1. The summed E-state index contributed by atoms with van der Waals surface area (Å²) in [5.74, 6) is 0.586. The number of hydrogen-bond donors (Lipinski definition) is 2. The number of aryl methyl sites for hydroxylation is 1. The van der Waals surface area contributed by atoms with E-state index < -0.39 is 0 Å². The van der Waals surface area contributed by atoms with Gasteiger partial charge in [0.05, 0.1) is 23.7 Å². The number of aromatic nitrogens is 2. The molecule has 0 spiro atoms. The van der Waals surface area contributed by atoms with Crippen LogP contribution in [0.25, 0.3) is 11.0 Å². The molecule has 0 radical (unpaired) electrons. The Kier molecular flexibility index (Phi) is 4.56. The fraction of sp³-hybridized carbons (Fsp3) is 0.300. The molecular weight excluding hydrogens is 333 g/mol. The van der Waals surface area contributed by atoms with E-state index in [2.05, 4.69) is 15.3 Å². The number of carbonyl (C=O) groups is 1. The van der Waals surface area contributed by atoms with Crippen molar-refractivity contribution >= 4 is 16.9 Å². The molecule has 2 aromatic carbocycles. The van der Waals surface area contributed by atoms with Crippen molar-refractivity contribution in [2.75, 3.05) is 6.61 Å². The average Bonchev–Trinajstić information content (AvgIpc) is 2.95. The Morgan fingerprint density at radius 3 is 3.04 bits per heavy atom. The van der Waals surface area contributed by atoms with Crippen molar-refractivity contribution in [2.24, 2.45) is 0 Å². The van der Waals surface area contributed by atoms with Crippen molar-refractivity contribution in [1.82, 2.24) is 15.3 Å². The summed E-state index contributed by atoms with van der Waals surface area (Å²) in [7, 11) is 0. The predicted molar refractivity (Wildman–Crippen MR) is 96.4 cm³/mol. The van der Waals surface area contributed by atoms with E-state index >= 15 is 0 Å². The molecule has 1 atom stereocenters. The van der Waals surface area contributed by atoms with Crippen LogP contribution in [-0.4, -0.2) is 22.5 Å². The topological polar surface area (TPSA) is 67.0 Å². The van der Waals surface area contributed by atoms with E-state index in [-0.39, 0.29) is 23.5 Å². The van der Waals surface area contributed by atoms with Crippen molar-refractivity contribution in [3.8, 4) is 5.75 Å². The number of aromatic amines is 1. The number of imidazole rings is 1. The maximum Gasteiger partial charge on any atom is 0.220 e. The first kappa shape index (κ1) is 16.6. The fourth-order valence-corrected chi connectivity index (χ4v) is 3.34. The van der Waals surface area contributed by atoms with E-state index in [0.29, 0.717) is 25.0 Å². The number of carbonyl (C=O) groups excluding carboxylic acids is 1. The maximum absolute atomic E-state index is 14.0. The van der Waals surface area contributed by atoms with Crippen LogP contribution in [0.1, 0.15) is 36.7 Å². The Bertz CT molecular complexity index is 905. The SMILES string of the molecule is O=C(CCc1nc2ccccc2[nH]1)NC1CCCOc2c(F)cccc21. The molecule has 1 aliphatic heterocycles. The van der Waals surface area contributed by atoms with Crippen LogP contribution >= 0.6 is 0 Å². The molecule has 6 heteroatoms. The van der Waals surface area contributed by atoms with Gasteiger partial charge in [-0.15, -0.1) is 0 Å². The summed E-state index contributed by atoms with van der Waals surface area (Å²) in [6.45, 7) is 0.458. The average molecular weight is 353 g/mol. The smallest absolute Gasteiger partial charge is 0.220 e. The summed E-state index contributed by atoms with van der Waals surface area (Å²) < 4.78 is 19.5. The van der Waals surface area contributed by atoms with Gasteiger partial charge in [-0.25, -0.2) is 9.37 Å². The molecular formula is C20H20FN3O2. The van der Waals surface area contributed by atoms with E-state index in [1.807, 2.05) is 30.3 Å². The number of rotatable bonds is 4. The molecule has 0 saturated heterocycles. The van der Waals surface area contributed by atoms with Gasteiger partial charge >= 0.3 is 0 Å². The molecule has 134 valence electrons. The maximum atomic E-state index is 14.0. The number of benzene rings is 2. The standard InChI is InChI=1S/C20H20FN3O2/c21-14-6-3-5-13-15(9-4-12-26-20(13)14)24-19(25)11-10-18-22-16-7-1-2-8-17(16)23-18/h1-3,5-8,15H,4,9-12H2,(H,22,23)(H,24,25). The highest BCUT2D eigenvalue weighted by atomic mass is 19.1. The van der Waals surface area contributed by atoms with E-state index in [9.17, 15) is 9.18 Å². The lowest BCUT2D eigenvalue weighted by Gasteiger charge is -2.18. The molecule has 5 nitrogen and oxygen atoms in total. The second-order valence-corrected chi connectivity index (χ2v) is 6.47. The molecule has 2 heterocycles. The molecule has 0 aliphatic carbocycles. The van der Waals surface area contributed by atoms with Crippen LogP contribution in [-0.2, 0) is 11.2 Å². The van der Waals surface area contributed by atoms with Crippen LogP contribution in [0.5, 0.6) is 5.75 Å². The summed E-state index contributed by atoms with van der Waals surface area (Å²) in [6.07, 6.45) is 2.34. The van der Waals surface area contributed by atoms with Crippen LogP contribution in [0.15, 0.2) is 42.5 Å². The van der Waals surface area contributed by atoms with Crippen molar-refractivity contribution in [1.29, 1.82) is 0 Å². The highest BCUT2D eigenvalue weighted by Gasteiger charge is 2.23. The Morgan fingerprint density at radius 2 is 2.15 bits per heavy atom. The van der Waals surface area contributed by atoms with Gasteiger partial charge in [-0.1, -0.05) is 24.3 Å². The minimum Gasteiger partial charge on any atom is -0.490 e. The van der Waals surface area contributed by atoms with E-state index in [0.717, 1.165) is 29.7 Å². The van der Waals surface area contributed by atoms with Crippen molar-refractivity contribution < 1.29 is 13.9 Å². The molecule has 26 heavy (non-hydrogen) atoms. The van der Waals surface area contributed by atoms with Crippen LogP contribution in [0, 0.1) is 5.82 Å². The van der Waals surface area contributed by atoms with Gasteiger partial charge in [0, 0.05) is 18.4 Å². The number of ether oxygens (including phenoxy) is 1. The fourth-order valence-electron chi connectivity index (χ4n) is 3.34. The van der Waals surface area contributed by atoms with Gasteiger partial charge < -0.3 is 15.0 Å². The van der Waals surface area contributed by atoms with E-state index in [1.54, 1.807) is 6.07 Å². The molecule has 1 amide bonds. The van der Waals surface area contributed by atoms with Crippen LogP contribution in [0.2, 0.25) is 0 Å². The number of nitrogens with zero attached hydrogens (tertiary/aromatic N) is 1. The van der Waals surface area contributed by atoms with Gasteiger partial charge in [-0.3, -0.25) is 4.79 Å². The number of fused-ring (bicyclic) bond motifs is 2. The number of H-pyrrole nitrogens is 1. The number of nitrogens with one attached hydrogen (secondary N) is 2. The number of amides is 1. The Balaban J connectivity index is 1.42. The van der Waals surface area contributed by atoms with Crippen LogP contribution in [0.4, 0.5) is 4.39 Å². The van der Waals surface area contributed by atoms with Gasteiger partial charge in [-0.2, -0.15) is 0 Å². The number of hydrogen-bond acceptors (Lipinski definition) is 3. The minimum absolute atomic E-state index is 0.0763. The molecule has 1 aliphatic rings. The zero-order valence-corrected chi connectivity index (χ0v) is 14.3. The summed E-state index contributed by atoms with van der Waals surface area (Å²) in [5.41, 5.74) is 2.57. The predicted octanol–water partition coefficient (Wildman–Crippen LogP) is 3.66. The first-order valence-electron chi connectivity index (χ1n) is 8.85. The number of para-hydroxylation sites is 3. The normalized spacial score (nSPS) is 16.6. The second-order valence-electron chi connectivity index (χ2n) is 6.47. The third kappa shape index (κ3) is 3.40. The molecule has 0 fully saturated rings. The highest BCUT2D eigenvalue weighted by molar-refractivity contribution is 5.77. The molecule has 2 N–H and O–H groups in total. The molecule has 0 bridgehead atoms. The lowest BCUT2D eigenvalue weighted by Crippen LogP contribution is -2.28. The molecule has 1 unspecified atom stereocenters. The van der Waals surface area contributed by atoms with Gasteiger partial charge in [0.1, 0.15) is 5.82 Å². The Morgan fingerprint density at radius 1 is 1.27 bits per heavy atom. The lowest BCUT2D eigenvalue weighted by molar-refractivity contribution is -0.121. The summed E-state index contributed by atoms with van der Waals surface area (Å²) >= 11 is 0. The second kappa shape index (κ2) is 7.15. The minimum atomic E-state index is -0.383. The lowest BCUT2D eigenvalue weighted by atomic mass is 10.0. The summed E-state index contributed by atoms with van der Waals surface area (Å²) in [4.78, 5) is 20.1. The van der Waals surface area contributed by atoms with Crippen LogP contribution < -0.4 is 10.1 Å². The van der Waals surface area contributed by atoms with E-state index in [4.69, 9.17) is 4.74 Å². The van der Waals surface area contributed by atoms with Crippen molar-refractivity contribution in [2.45, 2.75) is 31.7 Å². The first-order chi connectivity index (χ1) is 12.7. The monoisotopic (exact) mass is 353 g/mol. The molecule has 1 aromatic heterocycles. The van der Waals surface area contributed by atoms with Gasteiger partial charge in [0.25, 0.3) is 0 Å². The first-order valence-corrected chi connectivity index (χ1v) is 8.85. The highest BCUT2D eigenvalue weighted by Crippen LogP contribution is 2.33. The molecule has 4 rings (SSSR count). The van der Waals surface area contributed by atoms with Crippen molar-refractivity contribution in [3.63, 3.8) is 0 Å². The Labute approximate surface area is 150 Å². The van der Waals surface area contributed by atoms with Gasteiger partial charge in [0.15, 0.2) is 11.6 Å². The zero-order chi connectivity index (χ0) is 17.9. The van der Waals surface area contributed by atoms with Crippen molar-refractivity contribution in [3.05, 3.63) is 59.7 Å². The third-order valence-corrected chi connectivity index (χ3v) is 4.62. The summed E-state index contributed by atoms with van der Waals surface area (Å²) in [5, 5.41) is 3.02. The molecule has 0 saturated carbocycles. The molecule has 3 aromatic rings. The summed E-state index contributed by atoms with van der Waals surface area (Å²) in [6, 6.07) is 12.4.